The van der Waals surface area contributed by atoms with Crippen LogP contribution in [-0.4, -0.2) is 55.0 Å². The van der Waals surface area contributed by atoms with Crippen molar-refractivity contribution in [1.29, 1.82) is 0 Å². The van der Waals surface area contributed by atoms with Crippen LogP contribution in [0.5, 0.6) is 5.75 Å². The number of carbonyl (C=O) groups is 1. The molecule has 0 aromatic heterocycles. The molecule has 1 amide bonds. The summed E-state index contributed by atoms with van der Waals surface area (Å²) in [5.41, 5.74) is 3.45. The van der Waals surface area contributed by atoms with Crippen LogP contribution in [0.1, 0.15) is 18.1 Å². The second kappa shape index (κ2) is 9.53. The van der Waals surface area contributed by atoms with E-state index in [1.165, 1.54) is 11.1 Å². The topological polar surface area (TPSA) is 44.8 Å². The van der Waals surface area contributed by atoms with Crippen molar-refractivity contribution in [1.82, 2.24) is 9.80 Å². The van der Waals surface area contributed by atoms with Crippen molar-refractivity contribution in [2.24, 2.45) is 0 Å². The SMILES string of the molecule is CCOc1ccc(NC(=O)CN2CCN(Cc3ccc(C)cc3)CC2)cc1. The van der Waals surface area contributed by atoms with Crippen molar-refractivity contribution in [2.45, 2.75) is 20.4 Å². The number of carbonyl (C=O) groups excluding carboxylic acids is 1. The Morgan fingerprint density at radius 2 is 1.59 bits per heavy atom. The van der Waals surface area contributed by atoms with Gasteiger partial charge >= 0.3 is 0 Å². The molecule has 1 fully saturated rings. The molecular formula is C22H29N3O2. The number of aryl methyl sites for hydroxylation is 1. The van der Waals surface area contributed by atoms with Gasteiger partial charge in [-0.25, -0.2) is 0 Å². The monoisotopic (exact) mass is 367 g/mol. The third-order valence-corrected chi connectivity index (χ3v) is 4.81. The van der Waals surface area contributed by atoms with Crippen molar-refractivity contribution in [2.75, 3.05) is 44.6 Å². The first kappa shape index (κ1) is 19.4. The highest BCUT2D eigenvalue weighted by atomic mass is 16.5. The maximum atomic E-state index is 12.3. The van der Waals surface area contributed by atoms with Gasteiger partial charge in [0.05, 0.1) is 13.2 Å². The molecule has 0 bridgehead atoms. The third kappa shape index (κ3) is 6.08. The molecule has 2 aromatic carbocycles. The van der Waals surface area contributed by atoms with Crippen LogP contribution in [0.2, 0.25) is 0 Å². The van der Waals surface area contributed by atoms with Gasteiger partial charge in [0.1, 0.15) is 5.75 Å². The molecule has 1 saturated heterocycles. The molecule has 27 heavy (non-hydrogen) atoms. The summed E-state index contributed by atoms with van der Waals surface area (Å²) in [5, 5.41) is 2.97. The number of hydrogen-bond donors (Lipinski definition) is 1. The van der Waals surface area contributed by atoms with E-state index in [1.807, 2.05) is 31.2 Å². The molecule has 1 aliphatic rings. The lowest BCUT2D eigenvalue weighted by Gasteiger charge is -2.34. The minimum absolute atomic E-state index is 0.0335. The Morgan fingerprint density at radius 3 is 2.22 bits per heavy atom. The zero-order chi connectivity index (χ0) is 19.1. The largest absolute Gasteiger partial charge is 0.494 e. The average Bonchev–Trinajstić information content (AvgIpc) is 2.67. The zero-order valence-corrected chi connectivity index (χ0v) is 16.3. The van der Waals surface area contributed by atoms with E-state index in [9.17, 15) is 4.79 Å². The number of nitrogens with zero attached hydrogens (tertiary/aromatic N) is 2. The number of anilines is 1. The molecule has 5 nitrogen and oxygen atoms in total. The fourth-order valence-electron chi connectivity index (χ4n) is 3.26. The number of nitrogens with one attached hydrogen (secondary N) is 1. The van der Waals surface area contributed by atoms with Gasteiger partial charge in [-0.2, -0.15) is 0 Å². The van der Waals surface area contributed by atoms with Gasteiger partial charge in [-0.1, -0.05) is 29.8 Å². The Labute approximate surface area is 161 Å². The normalized spacial score (nSPS) is 15.5. The summed E-state index contributed by atoms with van der Waals surface area (Å²) < 4.78 is 5.42. The molecular weight excluding hydrogens is 338 g/mol. The summed E-state index contributed by atoms with van der Waals surface area (Å²) in [6, 6.07) is 16.2. The molecule has 1 aliphatic heterocycles. The van der Waals surface area contributed by atoms with E-state index in [1.54, 1.807) is 0 Å². The van der Waals surface area contributed by atoms with Crippen LogP contribution < -0.4 is 10.1 Å². The van der Waals surface area contributed by atoms with Gasteiger partial charge in [0.25, 0.3) is 0 Å². The highest BCUT2D eigenvalue weighted by molar-refractivity contribution is 5.92. The van der Waals surface area contributed by atoms with E-state index in [4.69, 9.17) is 4.74 Å². The summed E-state index contributed by atoms with van der Waals surface area (Å²) in [6.07, 6.45) is 0. The summed E-state index contributed by atoms with van der Waals surface area (Å²) in [4.78, 5) is 17.0. The lowest BCUT2D eigenvalue weighted by Crippen LogP contribution is -2.48. The van der Waals surface area contributed by atoms with E-state index in [0.29, 0.717) is 13.2 Å². The van der Waals surface area contributed by atoms with Crippen LogP contribution in [0.15, 0.2) is 48.5 Å². The van der Waals surface area contributed by atoms with Crippen LogP contribution in [0.4, 0.5) is 5.69 Å². The molecule has 3 rings (SSSR count). The van der Waals surface area contributed by atoms with Crippen molar-refractivity contribution in [3.05, 3.63) is 59.7 Å². The fourth-order valence-corrected chi connectivity index (χ4v) is 3.26. The maximum absolute atomic E-state index is 12.3. The van der Waals surface area contributed by atoms with Crippen LogP contribution in [0.25, 0.3) is 0 Å². The van der Waals surface area contributed by atoms with Crippen LogP contribution in [0, 0.1) is 6.92 Å². The molecule has 0 atom stereocenters. The van der Waals surface area contributed by atoms with Gasteiger partial charge in [0, 0.05) is 38.4 Å². The van der Waals surface area contributed by atoms with E-state index in [-0.39, 0.29) is 5.91 Å². The van der Waals surface area contributed by atoms with Crippen LogP contribution >= 0.6 is 0 Å². The molecule has 0 unspecified atom stereocenters. The Balaban J connectivity index is 1.40. The number of piperazine rings is 1. The number of benzene rings is 2. The molecule has 5 heteroatoms. The average molecular weight is 367 g/mol. The standard InChI is InChI=1S/C22H29N3O2/c1-3-27-21-10-8-20(9-11-21)23-22(26)17-25-14-12-24(13-15-25)16-19-6-4-18(2)5-7-19/h4-11H,3,12-17H2,1-2H3,(H,23,26). The molecule has 1 N–H and O–H groups in total. The Kier molecular flexibility index (Phi) is 6.85. The van der Waals surface area contributed by atoms with Gasteiger partial charge in [0.15, 0.2) is 0 Å². The smallest absolute Gasteiger partial charge is 0.238 e. The number of rotatable bonds is 7. The molecule has 0 aliphatic carbocycles. The molecule has 0 spiro atoms. The molecule has 2 aromatic rings. The van der Waals surface area contributed by atoms with Crippen LogP contribution in [0.3, 0.4) is 0 Å². The Hall–Kier alpha value is -2.37. The summed E-state index contributed by atoms with van der Waals surface area (Å²) >= 11 is 0. The second-order valence-electron chi connectivity index (χ2n) is 7.04. The molecule has 0 radical (unpaired) electrons. The maximum Gasteiger partial charge on any atom is 0.238 e. The molecule has 0 saturated carbocycles. The van der Waals surface area contributed by atoms with Gasteiger partial charge in [-0.3, -0.25) is 14.6 Å². The first-order valence-electron chi connectivity index (χ1n) is 9.65. The Bertz CT molecular complexity index is 720. The summed E-state index contributed by atoms with van der Waals surface area (Å²) in [7, 11) is 0. The molecule has 144 valence electrons. The van der Waals surface area contributed by atoms with Crippen LogP contribution in [-0.2, 0) is 11.3 Å². The minimum Gasteiger partial charge on any atom is -0.494 e. The fraction of sp³-hybridized carbons (Fsp3) is 0.409. The highest BCUT2D eigenvalue weighted by Gasteiger charge is 2.19. The minimum atomic E-state index is 0.0335. The molecule has 1 heterocycles. The number of hydrogen-bond acceptors (Lipinski definition) is 4. The predicted molar refractivity (Wildman–Crippen MR) is 109 cm³/mol. The third-order valence-electron chi connectivity index (χ3n) is 4.81. The first-order chi connectivity index (χ1) is 13.1. The van der Waals surface area contributed by atoms with Gasteiger partial charge in [-0.15, -0.1) is 0 Å². The Morgan fingerprint density at radius 1 is 0.963 bits per heavy atom. The van der Waals surface area contributed by atoms with E-state index < -0.39 is 0 Å². The lowest BCUT2D eigenvalue weighted by atomic mass is 10.1. The number of amides is 1. The predicted octanol–water partition coefficient (Wildman–Crippen LogP) is 3.15. The van der Waals surface area contributed by atoms with Crippen molar-refractivity contribution in [3.8, 4) is 5.75 Å². The van der Waals surface area contributed by atoms with Gasteiger partial charge in [0.2, 0.25) is 5.91 Å². The summed E-state index contributed by atoms with van der Waals surface area (Å²) in [5.74, 6) is 0.853. The van der Waals surface area contributed by atoms with E-state index in [0.717, 1.165) is 44.2 Å². The number of ether oxygens (including phenoxy) is 1. The van der Waals surface area contributed by atoms with Gasteiger partial charge in [-0.05, 0) is 43.7 Å². The summed E-state index contributed by atoms with van der Waals surface area (Å²) in [6.45, 7) is 9.94. The van der Waals surface area contributed by atoms with Crippen molar-refractivity contribution in [3.63, 3.8) is 0 Å². The zero-order valence-electron chi connectivity index (χ0n) is 16.3. The van der Waals surface area contributed by atoms with Crippen molar-refractivity contribution >= 4 is 11.6 Å². The second-order valence-corrected chi connectivity index (χ2v) is 7.04. The first-order valence-corrected chi connectivity index (χ1v) is 9.65. The van der Waals surface area contributed by atoms with E-state index in [2.05, 4.69) is 46.3 Å². The van der Waals surface area contributed by atoms with Crippen molar-refractivity contribution < 1.29 is 9.53 Å². The highest BCUT2D eigenvalue weighted by Crippen LogP contribution is 2.16. The van der Waals surface area contributed by atoms with Gasteiger partial charge < -0.3 is 10.1 Å². The quantitative estimate of drug-likeness (QED) is 0.817. The van der Waals surface area contributed by atoms with E-state index >= 15 is 0 Å². The lowest BCUT2D eigenvalue weighted by molar-refractivity contribution is -0.117.